The minimum absolute atomic E-state index is 0.0150. The van der Waals surface area contributed by atoms with Crippen molar-refractivity contribution in [3.63, 3.8) is 0 Å². The number of aryl methyl sites for hydroxylation is 1. The Morgan fingerprint density at radius 1 is 1.04 bits per heavy atom. The molecular weight excluding hydrogens is 376 g/mol. The second-order valence-electron chi connectivity index (χ2n) is 6.47. The number of carbonyl (C=O) groups excluding carboxylic acids is 1. The first kappa shape index (κ1) is 18.2. The van der Waals surface area contributed by atoms with Crippen LogP contribution in [0, 0.1) is 0 Å². The maximum atomic E-state index is 13.4. The maximum absolute atomic E-state index is 13.4. The molecule has 1 heterocycles. The average Bonchev–Trinajstić information content (AvgIpc) is 3.15. The summed E-state index contributed by atoms with van der Waals surface area (Å²) < 4.78 is 31.4. The summed E-state index contributed by atoms with van der Waals surface area (Å²) in [6.07, 6.45) is 0.687. The number of nitrogens with one attached hydrogen (secondary N) is 1. The van der Waals surface area contributed by atoms with E-state index in [1.54, 1.807) is 30.3 Å². The van der Waals surface area contributed by atoms with Gasteiger partial charge in [0.25, 0.3) is 0 Å². The zero-order chi connectivity index (χ0) is 19.7. The van der Waals surface area contributed by atoms with Gasteiger partial charge >= 0.3 is 5.97 Å². The van der Waals surface area contributed by atoms with Crippen LogP contribution in [0.3, 0.4) is 0 Å². The highest BCUT2D eigenvalue weighted by Gasteiger charge is 2.25. The standard InChI is InChI=1S/C21H18N2O4S/c1-27-20(24)12-10-14-9-11-18-17(13-14)21(23-22-18)28(25,26)19-8-4-6-15-5-2-3-7-16(15)19/h2-9,11,13H,10,12H2,1H3,(H,22,23). The molecule has 3 aromatic carbocycles. The van der Waals surface area contributed by atoms with Crippen LogP contribution in [0.1, 0.15) is 12.0 Å². The SMILES string of the molecule is COC(=O)CCc1ccc2[nH]nc(S(=O)(=O)c3cccc4ccccc34)c2c1. The van der Waals surface area contributed by atoms with Gasteiger partial charge in [-0.15, -0.1) is 0 Å². The first-order chi connectivity index (χ1) is 13.5. The van der Waals surface area contributed by atoms with Crippen LogP contribution in [-0.2, 0) is 25.8 Å². The normalized spacial score (nSPS) is 11.8. The molecule has 0 bridgehead atoms. The number of ether oxygens (including phenoxy) is 1. The number of aromatic nitrogens is 2. The first-order valence-electron chi connectivity index (χ1n) is 8.77. The molecule has 1 N–H and O–H groups in total. The minimum atomic E-state index is -3.84. The van der Waals surface area contributed by atoms with E-state index in [9.17, 15) is 13.2 Å². The summed E-state index contributed by atoms with van der Waals surface area (Å²) >= 11 is 0. The van der Waals surface area contributed by atoms with Crippen LogP contribution in [-0.4, -0.2) is 31.7 Å². The van der Waals surface area contributed by atoms with E-state index >= 15 is 0 Å². The van der Waals surface area contributed by atoms with Gasteiger partial charge < -0.3 is 4.74 Å². The minimum Gasteiger partial charge on any atom is -0.469 e. The van der Waals surface area contributed by atoms with Gasteiger partial charge in [0.1, 0.15) is 0 Å². The summed E-state index contributed by atoms with van der Waals surface area (Å²) in [7, 11) is -2.49. The summed E-state index contributed by atoms with van der Waals surface area (Å²) in [5, 5.41) is 8.89. The number of hydrogen-bond donors (Lipinski definition) is 1. The molecule has 0 unspecified atom stereocenters. The first-order valence-corrected chi connectivity index (χ1v) is 10.3. The number of H-pyrrole nitrogens is 1. The summed E-state index contributed by atoms with van der Waals surface area (Å²) in [6, 6.07) is 17.9. The van der Waals surface area contributed by atoms with E-state index in [4.69, 9.17) is 0 Å². The molecule has 28 heavy (non-hydrogen) atoms. The van der Waals surface area contributed by atoms with Crippen molar-refractivity contribution in [2.45, 2.75) is 22.8 Å². The maximum Gasteiger partial charge on any atom is 0.305 e. The zero-order valence-corrected chi connectivity index (χ0v) is 16.0. The number of nitrogens with zero attached hydrogens (tertiary/aromatic N) is 1. The molecule has 1 aromatic heterocycles. The van der Waals surface area contributed by atoms with Crippen molar-refractivity contribution in [2.75, 3.05) is 7.11 Å². The van der Waals surface area contributed by atoms with Crippen LogP contribution < -0.4 is 0 Å². The van der Waals surface area contributed by atoms with Crippen LogP contribution in [0.2, 0.25) is 0 Å². The molecule has 0 atom stereocenters. The monoisotopic (exact) mass is 394 g/mol. The van der Waals surface area contributed by atoms with Crippen molar-refractivity contribution in [3.05, 3.63) is 66.2 Å². The molecule has 7 heteroatoms. The summed E-state index contributed by atoms with van der Waals surface area (Å²) in [5.41, 5.74) is 1.47. The molecule has 0 fully saturated rings. The van der Waals surface area contributed by atoms with Gasteiger partial charge in [-0.1, -0.05) is 42.5 Å². The summed E-state index contributed by atoms with van der Waals surface area (Å²) in [4.78, 5) is 11.6. The Balaban J connectivity index is 1.82. The molecule has 0 saturated heterocycles. The Morgan fingerprint density at radius 2 is 1.82 bits per heavy atom. The molecule has 4 aromatic rings. The Kier molecular flexibility index (Phi) is 4.60. The highest BCUT2D eigenvalue weighted by Crippen LogP contribution is 2.31. The molecule has 0 amide bonds. The molecule has 6 nitrogen and oxygen atoms in total. The fraction of sp³-hybridized carbons (Fsp3) is 0.143. The lowest BCUT2D eigenvalue weighted by Gasteiger charge is -2.07. The van der Waals surface area contributed by atoms with Crippen molar-refractivity contribution < 1.29 is 17.9 Å². The number of aromatic amines is 1. The summed E-state index contributed by atoms with van der Waals surface area (Å²) in [5.74, 6) is -0.309. The third kappa shape index (κ3) is 3.14. The lowest BCUT2D eigenvalue weighted by Crippen LogP contribution is -2.04. The van der Waals surface area contributed by atoms with Gasteiger partial charge in [0, 0.05) is 17.2 Å². The molecule has 4 rings (SSSR count). The highest BCUT2D eigenvalue weighted by molar-refractivity contribution is 7.91. The van der Waals surface area contributed by atoms with Gasteiger partial charge in [0.15, 0.2) is 5.03 Å². The largest absolute Gasteiger partial charge is 0.469 e. The van der Waals surface area contributed by atoms with Crippen molar-refractivity contribution in [1.29, 1.82) is 0 Å². The van der Waals surface area contributed by atoms with Crippen molar-refractivity contribution in [3.8, 4) is 0 Å². The lowest BCUT2D eigenvalue weighted by atomic mass is 10.1. The Labute approximate surface area is 162 Å². The van der Waals surface area contributed by atoms with Gasteiger partial charge in [-0.05, 0) is 35.6 Å². The zero-order valence-electron chi connectivity index (χ0n) is 15.2. The van der Waals surface area contributed by atoms with Crippen LogP contribution in [0.4, 0.5) is 0 Å². The molecule has 0 spiro atoms. The smallest absolute Gasteiger partial charge is 0.305 e. The van der Waals surface area contributed by atoms with Gasteiger partial charge in [-0.2, -0.15) is 5.10 Å². The van der Waals surface area contributed by atoms with E-state index in [2.05, 4.69) is 14.9 Å². The fourth-order valence-corrected chi connectivity index (χ4v) is 4.85. The second kappa shape index (κ2) is 7.09. The Morgan fingerprint density at radius 3 is 2.64 bits per heavy atom. The number of methoxy groups -OCH3 is 1. The van der Waals surface area contributed by atoms with Crippen molar-refractivity contribution in [2.24, 2.45) is 0 Å². The van der Waals surface area contributed by atoms with Crippen LogP contribution >= 0.6 is 0 Å². The highest BCUT2D eigenvalue weighted by atomic mass is 32.2. The molecule has 0 aliphatic carbocycles. The fourth-order valence-electron chi connectivity index (χ4n) is 3.28. The van der Waals surface area contributed by atoms with Gasteiger partial charge in [-0.25, -0.2) is 8.42 Å². The van der Waals surface area contributed by atoms with Crippen molar-refractivity contribution in [1.82, 2.24) is 10.2 Å². The quantitative estimate of drug-likeness (QED) is 0.522. The predicted octanol–water partition coefficient (Wildman–Crippen LogP) is 3.65. The van der Waals surface area contributed by atoms with E-state index < -0.39 is 9.84 Å². The van der Waals surface area contributed by atoms with Crippen LogP contribution in [0.15, 0.2) is 70.6 Å². The number of rotatable bonds is 5. The van der Waals surface area contributed by atoms with E-state index in [-0.39, 0.29) is 22.3 Å². The molecule has 0 saturated carbocycles. The molecule has 0 aliphatic rings. The molecule has 0 radical (unpaired) electrons. The van der Waals surface area contributed by atoms with Gasteiger partial charge in [-0.3, -0.25) is 9.89 Å². The summed E-state index contributed by atoms with van der Waals surface area (Å²) in [6.45, 7) is 0. The average molecular weight is 394 g/mol. The van der Waals surface area contributed by atoms with Gasteiger partial charge in [0.2, 0.25) is 9.84 Å². The second-order valence-corrected chi connectivity index (χ2v) is 8.30. The van der Waals surface area contributed by atoms with E-state index in [0.29, 0.717) is 22.7 Å². The Hall–Kier alpha value is -3.19. The van der Waals surface area contributed by atoms with Crippen LogP contribution in [0.5, 0.6) is 0 Å². The number of fused-ring (bicyclic) bond motifs is 2. The number of benzene rings is 3. The predicted molar refractivity (Wildman–Crippen MR) is 106 cm³/mol. The number of sulfone groups is 1. The number of hydrogen-bond acceptors (Lipinski definition) is 5. The molecule has 142 valence electrons. The third-order valence-corrected chi connectivity index (χ3v) is 6.49. The van der Waals surface area contributed by atoms with E-state index in [0.717, 1.165) is 10.9 Å². The van der Waals surface area contributed by atoms with Crippen molar-refractivity contribution >= 4 is 37.5 Å². The molecular formula is C21H18N2O4S. The lowest BCUT2D eigenvalue weighted by molar-refractivity contribution is -0.140. The van der Waals surface area contributed by atoms with E-state index in [1.165, 1.54) is 7.11 Å². The third-order valence-electron chi connectivity index (χ3n) is 4.73. The van der Waals surface area contributed by atoms with E-state index in [1.807, 2.05) is 30.3 Å². The number of esters is 1. The van der Waals surface area contributed by atoms with Crippen LogP contribution in [0.25, 0.3) is 21.7 Å². The Bertz CT molecular complexity index is 1290. The topological polar surface area (TPSA) is 89.1 Å². The number of carbonyl (C=O) groups is 1. The van der Waals surface area contributed by atoms with Gasteiger partial charge in [0.05, 0.1) is 17.5 Å². The molecule has 0 aliphatic heterocycles.